The molecule has 0 spiro atoms. The lowest BCUT2D eigenvalue weighted by molar-refractivity contribution is -0.128. The molecule has 110 valence electrons. The lowest BCUT2D eigenvalue weighted by atomic mass is 9.94. The quantitative estimate of drug-likeness (QED) is 0.852. The second kappa shape index (κ2) is 6.25. The highest BCUT2D eigenvalue weighted by Gasteiger charge is 2.29. The molecule has 3 nitrogen and oxygen atoms in total. The summed E-state index contributed by atoms with van der Waals surface area (Å²) in [5, 5.41) is 3.14. The number of carbonyl (C=O) groups is 1. The standard InChI is InChI=1S/C16H30N2O/c1-16(2,3)17-15(19)14-9-6-10-18(12-14)11-13-7-4-5-8-13/h13-14H,4-12H2,1-3H3,(H,17,19). The van der Waals surface area contributed by atoms with Crippen molar-refractivity contribution in [3.63, 3.8) is 0 Å². The number of hydrogen-bond acceptors (Lipinski definition) is 2. The second-order valence-electron chi connectivity index (χ2n) is 7.49. The molecule has 1 saturated heterocycles. The molecule has 3 heteroatoms. The van der Waals surface area contributed by atoms with E-state index in [0.717, 1.165) is 18.9 Å². The molecule has 0 radical (unpaired) electrons. The molecule has 1 atom stereocenters. The minimum Gasteiger partial charge on any atom is -0.351 e. The van der Waals surface area contributed by atoms with Crippen molar-refractivity contribution in [2.45, 2.75) is 64.8 Å². The number of likely N-dealkylation sites (tertiary alicyclic amines) is 1. The Bertz CT molecular complexity index is 302. The van der Waals surface area contributed by atoms with E-state index in [1.54, 1.807) is 0 Å². The van der Waals surface area contributed by atoms with E-state index in [1.807, 2.05) is 0 Å². The van der Waals surface area contributed by atoms with Crippen LogP contribution >= 0.6 is 0 Å². The van der Waals surface area contributed by atoms with Gasteiger partial charge in [0.1, 0.15) is 0 Å². The predicted molar refractivity (Wildman–Crippen MR) is 79.0 cm³/mol. The van der Waals surface area contributed by atoms with Gasteiger partial charge < -0.3 is 10.2 Å². The van der Waals surface area contributed by atoms with Crippen LogP contribution in [0.1, 0.15) is 59.3 Å². The number of nitrogens with zero attached hydrogens (tertiary/aromatic N) is 1. The van der Waals surface area contributed by atoms with E-state index < -0.39 is 0 Å². The van der Waals surface area contributed by atoms with Gasteiger partial charge in [0.05, 0.1) is 5.92 Å². The highest BCUT2D eigenvalue weighted by Crippen LogP contribution is 2.27. The number of hydrogen-bond donors (Lipinski definition) is 1. The van der Waals surface area contributed by atoms with Crippen LogP contribution in [0.2, 0.25) is 0 Å². The van der Waals surface area contributed by atoms with Crippen molar-refractivity contribution < 1.29 is 4.79 Å². The molecule has 2 aliphatic rings. The van der Waals surface area contributed by atoms with Gasteiger partial charge in [0, 0.05) is 18.6 Å². The van der Waals surface area contributed by atoms with Crippen LogP contribution < -0.4 is 5.32 Å². The molecule has 2 fully saturated rings. The summed E-state index contributed by atoms with van der Waals surface area (Å²) >= 11 is 0. The van der Waals surface area contributed by atoms with Crippen molar-refractivity contribution in [1.29, 1.82) is 0 Å². The molecule has 1 N–H and O–H groups in total. The summed E-state index contributed by atoms with van der Waals surface area (Å²) < 4.78 is 0. The Morgan fingerprint density at radius 3 is 2.47 bits per heavy atom. The SMILES string of the molecule is CC(C)(C)NC(=O)C1CCCN(CC2CCCC2)C1. The highest BCUT2D eigenvalue weighted by molar-refractivity contribution is 5.79. The number of carbonyl (C=O) groups excluding carboxylic acids is 1. The first-order valence-electron chi connectivity index (χ1n) is 7.98. The first kappa shape index (κ1) is 14.8. The normalized spacial score (nSPS) is 26.6. The summed E-state index contributed by atoms with van der Waals surface area (Å²) in [4.78, 5) is 14.8. The van der Waals surface area contributed by atoms with Crippen molar-refractivity contribution in [2.75, 3.05) is 19.6 Å². The number of rotatable bonds is 3. The fourth-order valence-electron chi connectivity index (χ4n) is 3.47. The third kappa shape index (κ3) is 4.79. The Morgan fingerprint density at radius 2 is 1.84 bits per heavy atom. The largest absolute Gasteiger partial charge is 0.351 e. The second-order valence-corrected chi connectivity index (χ2v) is 7.49. The van der Waals surface area contributed by atoms with Crippen molar-refractivity contribution in [2.24, 2.45) is 11.8 Å². The maximum absolute atomic E-state index is 12.3. The molecule has 1 saturated carbocycles. The molecular weight excluding hydrogens is 236 g/mol. The Balaban J connectivity index is 1.80. The van der Waals surface area contributed by atoms with Gasteiger partial charge in [0.2, 0.25) is 5.91 Å². The van der Waals surface area contributed by atoms with Gasteiger partial charge in [-0.1, -0.05) is 12.8 Å². The van der Waals surface area contributed by atoms with Crippen molar-refractivity contribution in [3.8, 4) is 0 Å². The monoisotopic (exact) mass is 266 g/mol. The van der Waals surface area contributed by atoms with E-state index in [1.165, 1.54) is 45.2 Å². The van der Waals surface area contributed by atoms with Crippen LogP contribution in [-0.2, 0) is 4.79 Å². The van der Waals surface area contributed by atoms with E-state index >= 15 is 0 Å². The molecule has 0 aromatic rings. The molecule has 0 aromatic heterocycles. The summed E-state index contributed by atoms with van der Waals surface area (Å²) in [6.07, 6.45) is 7.85. The van der Waals surface area contributed by atoms with Crippen molar-refractivity contribution in [1.82, 2.24) is 10.2 Å². The van der Waals surface area contributed by atoms with Crippen molar-refractivity contribution in [3.05, 3.63) is 0 Å². The smallest absolute Gasteiger partial charge is 0.224 e. The summed E-state index contributed by atoms with van der Waals surface area (Å²) in [5.74, 6) is 1.35. The topological polar surface area (TPSA) is 32.3 Å². The van der Waals surface area contributed by atoms with Gasteiger partial charge in [0.25, 0.3) is 0 Å². The van der Waals surface area contributed by atoms with E-state index in [4.69, 9.17) is 0 Å². The van der Waals surface area contributed by atoms with Gasteiger partial charge in [-0.15, -0.1) is 0 Å². The Hall–Kier alpha value is -0.570. The minimum absolute atomic E-state index is 0.106. The van der Waals surface area contributed by atoms with Crippen LogP contribution in [0.25, 0.3) is 0 Å². The molecular formula is C16H30N2O. The lowest BCUT2D eigenvalue weighted by Crippen LogP contribution is -2.49. The third-order valence-corrected chi connectivity index (χ3v) is 4.37. The van der Waals surface area contributed by atoms with E-state index in [0.29, 0.717) is 0 Å². The lowest BCUT2D eigenvalue weighted by Gasteiger charge is -2.35. The molecule has 1 heterocycles. The molecule has 1 aliphatic heterocycles. The molecule has 2 rings (SSSR count). The Morgan fingerprint density at radius 1 is 1.16 bits per heavy atom. The van der Waals surface area contributed by atoms with E-state index in [2.05, 4.69) is 31.0 Å². The Labute approximate surface area is 118 Å². The molecule has 1 unspecified atom stereocenters. The summed E-state index contributed by atoms with van der Waals surface area (Å²) in [6.45, 7) is 9.56. The maximum atomic E-state index is 12.3. The zero-order valence-electron chi connectivity index (χ0n) is 12.9. The predicted octanol–water partition coefficient (Wildman–Crippen LogP) is 2.80. The van der Waals surface area contributed by atoms with Gasteiger partial charge in [-0.2, -0.15) is 0 Å². The van der Waals surface area contributed by atoms with Gasteiger partial charge in [-0.3, -0.25) is 4.79 Å². The van der Waals surface area contributed by atoms with Crippen LogP contribution in [-0.4, -0.2) is 36.0 Å². The summed E-state index contributed by atoms with van der Waals surface area (Å²) in [6, 6.07) is 0. The zero-order valence-corrected chi connectivity index (χ0v) is 12.9. The summed E-state index contributed by atoms with van der Waals surface area (Å²) in [7, 11) is 0. The van der Waals surface area contributed by atoms with E-state index in [-0.39, 0.29) is 17.4 Å². The van der Waals surface area contributed by atoms with Gasteiger partial charge in [-0.05, 0) is 58.9 Å². The first-order chi connectivity index (χ1) is 8.94. The first-order valence-corrected chi connectivity index (χ1v) is 7.98. The van der Waals surface area contributed by atoms with Crippen molar-refractivity contribution >= 4 is 5.91 Å². The fraction of sp³-hybridized carbons (Fsp3) is 0.938. The average Bonchev–Trinajstić information content (AvgIpc) is 2.80. The van der Waals surface area contributed by atoms with Crippen LogP contribution in [0.5, 0.6) is 0 Å². The van der Waals surface area contributed by atoms with Gasteiger partial charge in [0.15, 0.2) is 0 Å². The minimum atomic E-state index is -0.106. The van der Waals surface area contributed by atoms with Crippen LogP contribution in [0, 0.1) is 11.8 Å². The fourth-order valence-corrected chi connectivity index (χ4v) is 3.47. The zero-order chi connectivity index (χ0) is 13.9. The maximum Gasteiger partial charge on any atom is 0.224 e. The number of nitrogens with one attached hydrogen (secondary N) is 1. The molecule has 1 amide bonds. The van der Waals surface area contributed by atoms with E-state index in [9.17, 15) is 4.79 Å². The average molecular weight is 266 g/mol. The van der Waals surface area contributed by atoms with Crippen LogP contribution in [0.15, 0.2) is 0 Å². The van der Waals surface area contributed by atoms with Gasteiger partial charge in [-0.25, -0.2) is 0 Å². The molecule has 1 aliphatic carbocycles. The molecule has 0 aromatic carbocycles. The highest BCUT2D eigenvalue weighted by atomic mass is 16.2. The third-order valence-electron chi connectivity index (χ3n) is 4.37. The number of amides is 1. The summed E-state index contributed by atoms with van der Waals surface area (Å²) in [5.41, 5.74) is -0.106. The Kier molecular flexibility index (Phi) is 4.88. The number of piperidine rings is 1. The van der Waals surface area contributed by atoms with Gasteiger partial charge >= 0.3 is 0 Å². The molecule has 0 bridgehead atoms. The molecule has 19 heavy (non-hydrogen) atoms. The van der Waals surface area contributed by atoms with Crippen LogP contribution in [0.4, 0.5) is 0 Å². The van der Waals surface area contributed by atoms with Crippen LogP contribution in [0.3, 0.4) is 0 Å².